The minimum Gasteiger partial charge on any atom is -0.493 e. The second kappa shape index (κ2) is 9.19. The maximum atomic E-state index is 13.1. The van der Waals surface area contributed by atoms with Crippen molar-refractivity contribution in [1.82, 2.24) is 4.90 Å². The highest BCUT2D eigenvalue weighted by atomic mass is 35.5. The molecule has 0 bridgehead atoms. The molecule has 0 amide bonds. The Labute approximate surface area is 182 Å². The van der Waals surface area contributed by atoms with Gasteiger partial charge in [-0.3, -0.25) is 15.0 Å². The molecule has 0 saturated carbocycles. The third-order valence-electron chi connectivity index (χ3n) is 5.13. The van der Waals surface area contributed by atoms with Crippen molar-refractivity contribution < 1.29 is 27.6 Å². The number of alkyl halides is 3. The van der Waals surface area contributed by atoms with Gasteiger partial charge in [0.15, 0.2) is 11.5 Å². The van der Waals surface area contributed by atoms with Gasteiger partial charge in [-0.25, -0.2) is 0 Å². The van der Waals surface area contributed by atoms with Crippen LogP contribution in [-0.4, -0.2) is 50.2 Å². The predicted octanol–water partition coefficient (Wildman–Crippen LogP) is 4.61. The van der Waals surface area contributed by atoms with Crippen LogP contribution in [0.15, 0.2) is 30.3 Å². The van der Waals surface area contributed by atoms with Gasteiger partial charge in [0.25, 0.3) is 5.69 Å². The first-order valence-corrected chi connectivity index (χ1v) is 9.75. The molecule has 31 heavy (non-hydrogen) atoms. The van der Waals surface area contributed by atoms with Crippen LogP contribution in [-0.2, 0) is 12.7 Å². The number of nitro groups is 1. The van der Waals surface area contributed by atoms with Crippen molar-refractivity contribution in [2.45, 2.75) is 12.7 Å². The lowest BCUT2D eigenvalue weighted by atomic mass is 10.1. The van der Waals surface area contributed by atoms with Crippen molar-refractivity contribution in [1.29, 1.82) is 0 Å². The zero-order valence-electron chi connectivity index (χ0n) is 16.9. The van der Waals surface area contributed by atoms with Gasteiger partial charge in [0.05, 0.1) is 29.7 Å². The molecule has 1 aliphatic heterocycles. The number of hydrogen-bond acceptors (Lipinski definition) is 6. The topological polar surface area (TPSA) is 68.1 Å². The van der Waals surface area contributed by atoms with Crippen molar-refractivity contribution in [2.24, 2.45) is 0 Å². The number of anilines is 1. The van der Waals surface area contributed by atoms with Crippen LogP contribution < -0.4 is 14.4 Å². The molecule has 7 nitrogen and oxygen atoms in total. The van der Waals surface area contributed by atoms with Crippen molar-refractivity contribution in [3.8, 4) is 11.5 Å². The van der Waals surface area contributed by atoms with Crippen molar-refractivity contribution >= 4 is 23.0 Å². The van der Waals surface area contributed by atoms with Gasteiger partial charge in [0.1, 0.15) is 5.69 Å². The number of piperazine rings is 1. The fourth-order valence-corrected chi connectivity index (χ4v) is 3.82. The SMILES string of the molecule is COc1ccc(CN2CCN(c3cc(Cl)c(C(F)(F)F)cc3[N+](=O)[O-])CC2)cc1OC. The Bertz CT molecular complexity index is 963. The van der Waals surface area contributed by atoms with E-state index in [1.807, 2.05) is 18.2 Å². The summed E-state index contributed by atoms with van der Waals surface area (Å²) in [5.74, 6) is 1.25. The van der Waals surface area contributed by atoms with Gasteiger partial charge in [-0.2, -0.15) is 13.2 Å². The first-order chi connectivity index (χ1) is 14.6. The molecule has 2 aromatic rings. The van der Waals surface area contributed by atoms with E-state index in [0.29, 0.717) is 50.3 Å². The normalized spacial score (nSPS) is 15.1. The van der Waals surface area contributed by atoms with Gasteiger partial charge < -0.3 is 14.4 Å². The zero-order chi connectivity index (χ0) is 22.8. The van der Waals surface area contributed by atoms with Crippen LogP contribution >= 0.6 is 11.6 Å². The molecule has 3 rings (SSSR count). The van der Waals surface area contributed by atoms with Crippen molar-refractivity contribution in [3.63, 3.8) is 0 Å². The summed E-state index contributed by atoms with van der Waals surface area (Å²) in [5, 5.41) is 10.9. The minimum atomic E-state index is -4.77. The maximum absolute atomic E-state index is 13.1. The first kappa shape index (κ1) is 23.0. The summed E-state index contributed by atoms with van der Waals surface area (Å²) in [6.07, 6.45) is -4.77. The number of halogens is 4. The van der Waals surface area contributed by atoms with Crippen LogP contribution in [0.2, 0.25) is 5.02 Å². The monoisotopic (exact) mass is 459 g/mol. The van der Waals surface area contributed by atoms with Crippen LogP contribution in [0.1, 0.15) is 11.1 Å². The third-order valence-corrected chi connectivity index (χ3v) is 5.45. The Hall–Kier alpha value is -2.72. The maximum Gasteiger partial charge on any atom is 0.418 e. The molecule has 1 heterocycles. The number of nitro benzene ring substituents is 1. The minimum absolute atomic E-state index is 0.0915. The molecule has 1 aliphatic rings. The Balaban J connectivity index is 1.74. The van der Waals surface area contributed by atoms with E-state index < -0.39 is 27.4 Å². The Kier molecular flexibility index (Phi) is 6.80. The number of methoxy groups -OCH3 is 2. The van der Waals surface area contributed by atoms with Crippen LogP contribution in [0, 0.1) is 10.1 Å². The molecule has 1 saturated heterocycles. The number of benzene rings is 2. The van der Waals surface area contributed by atoms with Gasteiger partial charge >= 0.3 is 6.18 Å². The molecule has 0 aromatic heterocycles. The molecule has 0 radical (unpaired) electrons. The third kappa shape index (κ3) is 5.13. The van der Waals surface area contributed by atoms with E-state index in [9.17, 15) is 23.3 Å². The lowest BCUT2D eigenvalue weighted by Gasteiger charge is -2.36. The molecule has 2 aromatic carbocycles. The van der Waals surface area contributed by atoms with E-state index in [1.54, 1.807) is 19.1 Å². The van der Waals surface area contributed by atoms with Gasteiger partial charge in [0, 0.05) is 38.8 Å². The molecule has 11 heteroatoms. The highest BCUT2D eigenvalue weighted by molar-refractivity contribution is 6.31. The average Bonchev–Trinajstić information content (AvgIpc) is 2.72. The summed E-state index contributed by atoms with van der Waals surface area (Å²) in [5.41, 5.74) is -0.717. The quantitative estimate of drug-likeness (QED) is 0.464. The van der Waals surface area contributed by atoms with E-state index in [2.05, 4.69) is 4.90 Å². The zero-order valence-corrected chi connectivity index (χ0v) is 17.7. The highest BCUT2D eigenvalue weighted by Gasteiger charge is 2.37. The summed E-state index contributed by atoms with van der Waals surface area (Å²) in [4.78, 5) is 14.4. The lowest BCUT2D eigenvalue weighted by Crippen LogP contribution is -2.46. The second-order valence-electron chi connectivity index (χ2n) is 7.03. The van der Waals surface area contributed by atoms with Gasteiger partial charge in [-0.15, -0.1) is 0 Å². The Morgan fingerprint density at radius 2 is 1.71 bits per heavy atom. The molecule has 1 fully saturated rings. The number of hydrogen-bond donors (Lipinski definition) is 0. The molecule has 0 N–H and O–H groups in total. The predicted molar refractivity (Wildman–Crippen MR) is 110 cm³/mol. The Morgan fingerprint density at radius 1 is 1.06 bits per heavy atom. The number of rotatable bonds is 6. The summed E-state index contributed by atoms with van der Waals surface area (Å²) >= 11 is 5.80. The van der Waals surface area contributed by atoms with Crippen LogP contribution in [0.3, 0.4) is 0 Å². The summed E-state index contributed by atoms with van der Waals surface area (Å²) < 4.78 is 49.8. The van der Waals surface area contributed by atoms with E-state index in [0.717, 1.165) is 11.6 Å². The van der Waals surface area contributed by atoms with Crippen LogP contribution in [0.25, 0.3) is 0 Å². The summed E-state index contributed by atoms with van der Waals surface area (Å²) in [6, 6.07) is 7.16. The van der Waals surface area contributed by atoms with E-state index in [4.69, 9.17) is 21.1 Å². The highest BCUT2D eigenvalue weighted by Crippen LogP contribution is 2.41. The average molecular weight is 460 g/mol. The number of nitrogens with zero attached hydrogens (tertiary/aromatic N) is 3. The van der Waals surface area contributed by atoms with E-state index in [-0.39, 0.29) is 5.69 Å². The van der Waals surface area contributed by atoms with Crippen LogP contribution in [0.4, 0.5) is 24.5 Å². The molecule has 0 spiro atoms. The molecule has 0 atom stereocenters. The summed E-state index contributed by atoms with van der Waals surface area (Å²) in [7, 11) is 3.12. The fourth-order valence-electron chi connectivity index (χ4n) is 3.55. The van der Waals surface area contributed by atoms with Gasteiger partial charge in [0.2, 0.25) is 0 Å². The standard InChI is InChI=1S/C20H21ClF3N3O4/c1-30-18-4-3-13(9-19(18)31-2)12-25-5-7-26(8-6-25)16-11-15(21)14(20(22,23)24)10-17(16)27(28)29/h3-4,9-11H,5-8,12H2,1-2H3. The molecule has 0 aliphatic carbocycles. The first-order valence-electron chi connectivity index (χ1n) is 9.37. The molecule has 0 unspecified atom stereocenters. The fraction of sp³-hybridized carbons (Fsp3) is 0.400. The smallest absolute Gasteiger partial charge is 0.418 e. The lowest BCUT2D eigenvalue weighted by molar-refractivity contribution is -0.384. The second-order valence-corrected chi connectivity index (χ2v) is 7.44. The van der Waals surface area contributed by atoms with Crippen molar-refractivity contribution in [2.75, 3.05) is 45.3 Å². The Morgan fingerprint density at radius 3 is 2.26 bits per heavy atom. The van der Waals surface area contributed by atoms with Gasteiger partial charge in [-0.1, -0.05) is 17.7 Å². The molecular weight excluding hydrogens is 439 g/mol. The van der Waals surface area contributed by atoms with E-state index in [1.165, 1.54) is 0 Å². The summed E-state index contributed by atoms with van der Waals surface area (Å²) in [6.45, 7) is 2.60. The molecule has 168 valence electrons. The van der Waals surface area contributed by atoms with Crippen LogP contribution in [0.5, 0.6) is 11.5 Å². The number of ether oxygens (including phenoxy) is 2. The van der Waals surface area contributed by atoms with Crippen molar-refractivity contribution in [3.05, 3.63) is 56.6 Å². The van der Waals surface area contributed by atoms with E-state index >= 15 is 0 Å². The van der Waals surface area contributed by atoms with Gasteiger partial charge in [-0.05, 0) is 23.8 Å². The molecular formula is C20H21ClF3N3O4. The largest absolute Gasteiger partial charge is 0.493 e.